The van der Waals surface area contributed by atoms with E-state index < -0.39 is 12.5 Å². The van der Waals surface area contributed by atoms with Crippen LogP contribution >= 0.6 is 15.9 Å². The highest BCUT2D eigenvalue weighted by Gasteiger charge is 2.33. The molecule has 2 aromatic rings. The van der Waals surface area contributed by atoms with E-state index in [1.54, 1.807) is 32.0 Å². The fraction of sp³-hybridized carbons (Fsp3) is 0.308. The summed E-state index contributed by atoms with van der Waals surface area (Å²) in [6, 6.07) is 7.81. The Kier molecular flexibility index (Phi) is 3.52. The fourth-order valence-electron chi connectivity index (χ4n) is 1.79. The molecule has 0 aliphatic carbocycles. The molecular formula is C13H13BrF2N2. The lowest BCUT2D eigenvalue weighted by atomic mass is 10.1. The number of hydrogen-bond donors (Lipinski definition) is 0. The van der Waals surface area contributed by atoms with E-state index in [2.05, 4.69) is 21.0 Å². The van der Waals surface area contributed by atoms with E-state index in [1.165, 1.54) is 16.8 Å². The zero-order valence-corrected chi connectivity index (χ0v) is 11.7. The van der Waals surface area contributed by atoms with Crippen molar-refractivity contribution in [2.24, 2.45) is 0 Å². The second-order valence-corrected chi connectivity index (χ2v) is 5.01. The molecule has 1 aromatic heterocycles. The van der Waals surface area contributed by atoms with Gasteiger partial charge in [0.1, 0.15) is 6.54 Å². The van der Waals surface area contributed by atoms with Crippen molar-refractivity contribution < 1.29 is 8.78 Å². The van der Waals surface area contributed by atoms with Crippen LogP contribution < -0.4 is 0 Å². The molecule has 2 nitrogen and oxygen atoms in total. The van der Waals surface area contributed by atoms with Crippen molar-refractivity contribution in [2.75, 3.05) is 0 Å². The van der Waals surface area contributed by atoms with E-state index in [-0.39, 0.29) is 5.56 Å². The fourth-order valence-corrected chi connectivity index (χ4v) is 2.07. The maximum Gasteiger partial charge on any atom is 0.292 e. The van der Waals surface area contributed by atoms with Gasteiger partial charge >= 0.3 is 0 Å². The summed E-state index contributed by atoms with van der Waals surface area (Å²) >= 11 is 3.34. The number of rotatable bonds is 3. The summed E-state index contributed by atoms with van der Waals surface area (Å²) in [4.78, 5) is 0. The monoisotopic (exact) mass is 314 g/mol. The Labute approximate surface area is 113 Å². The summed E-state index contributed by atoms with van der Waals surface area (Å²) in [5.74, 6) is -2.93. The first-order valence-electron chi connectivity index (χ1n) is 5.54. The van der Waals surface area contributed by atoms with Crippen LogP contribution in [0.1, 0.15) is 17.0 Å². The van der Waals surface area contributed by atoms with Crippen LogP contribution in [0.3, 0.4) is 0 Å². The highest BCUT2D eigenvalue weighted by Crippen LogP contribution is 2.31. The van der Waals surface area contributed by atoms with Crippen molar-refractivity contribution in [1.29, 1.82) is 0 Å². The maximum atomic E-state index is 14.1. The number of aryl methyl sites for hydroxylation is 1. The molecule has 2 rings (SSSR count). The standard InChI is InChI=1S/C13H13BrF2N2/c1-9-12(14)10(2)18(17-9)8-13(15,16)11-6-4-3-5-7-11/h3-7H,8H2,1-2H3. The lowest BCUT2D eigenvalue weighted by molar-refractivity contribution is -0.0260. The second-order valence-electron chi connectivity index (χ2n) is 4.21. The Morgan fingerprint density at radius 2 is 1.83 bits per heavy atom. The SMILES string of the molecule is Cc1nn(CC(F)(F)c2ccccc2)c(C)c1Br. The van der Waals surface area contributed by atoms with Crippen LogP contribution in [0.4, 0.5) is 8.78 Å². The average Bonchev–Trinajstić information content (AvgIpc) is 2.58. The zero-order chi connectivity index (χ0) is 13.3. The third-order valence-electron chi connectivity index (χ3n) is 2.84. The van der Waals surface area contributed by atoms with Crippen LogP contribution in [0.25, 0.3) is 0 Å². The minimum atomic E-state index is -2.93. The first-order chi connectivity index (χ1) is 8.42. The third kappa shape index (κ3) is 2.46. The Morgan fingerprint density at radius 3 is 2.33 bits per heavy atom. The predicted octanol–water partition coefficient (Wildman–Crippen LogP) is 4.05. The van der Waals surface area contributed by atoms with Crippen LogP contribution in [0.5, 0.6) is 0 Å². The summed E-state index contributed by atoms with van der Waals surface area (Å²) in [5, 5.41) is 4.11. The van der Waals surface area contributed by atoms with Gasteiger partial charge in [-0.05, 0) is 29.8 Å². The molecule has 0 unspecified atom stereocenters. The highest BCUT2D eigenvalue weighted by molar-refractivity contribution is 9.10. The van der Waals surface area contributed by atoms with Gasteiger partial charge in [0.05, 0.1) is 15.9 Å². The first kappa shape index (κ1) is 13.2. The van der Waals surface area contributed by atoms with E-state index in [0.717, 1.165) is 10.2 Å². The molecule has 96 valence electrons. The van der Waals surface area contributed by atoms with Gasteiger partial charge in [-0.3, -0.25) is 4.68 Å². The van der Waals surface area contributed by atoms with Crippen LogP contribution in [-0.2, 0) is 12.5 Å². The third-order valence-corrected chi connectivity index (χ3v) is 3.99. The Hall–Kier alpha value is -1.23. The minimum Gasteiger partial charge on any atom is -0.262 e. The number of benzene rings is 1. The smallest absolute Gasteiger partial charge is 0.262 e. The number of aromatic nitrogens is 2. The molecule has 0 fully saturated rings. The predicted molar refractivity (Wildman–Crippen MR) is 69.7 cm³/mol. The molecule has 18 heavy (non-hydrogen) atoms. The largest absolute Gasteiger partial charge is 0.292 e. The van der Waals surface area contributed by atoms with Crippen molar-refractivity contribution in [3.63, 3.8) is 0 Å². The lowest BCUT2D eigenvalue weighted by Gasteiger charge is -2.17. The molecule has 0 bridgehead atoms. The zero-order valence-electron chi connectivity index (χ0n) is 10.1. The number of halogens is 3. The first-order valence-corrected chi connectivity index (χ1v) is 6.34. The highest BCUT2D eigenvalue weighted by atomic mass is 79.9. The molecule has 0 saturated heterocycles. The van der Waals surface area contributed by atoms with Gasteiger partial charge < -0.3 is 0 Å². The molecule has 0 aliphatic rings. The van der Waals surface area contributed by atoms with E-state index in [1.807, 2.05) is 0 Å². The molecule has 0 aliphatic heterocycles. The maximum absolute atomic E-state index is 14.1. The molecule has 0 spiro atoms. The van der Waals surface area contributed by atoms with Crippen molar-refractivity contribution in [2.45, 2.75) is 26.3 Å². The summed E-state index contributed by atoms with van der Waals surface area (Å²) in [5.41, 5.74) is 1.44. The summed E-state index contributed by atoms with van der Waals surface area (Å²) in [7, 11) is 0. The average molecular weight is 315 g/mol. The van der Waals surface area contributed by atoms with Crippen LogP contribution in [0.15, 0.2) is 34.8 Å². The van der Waals surface area contributed by atoms with Gasteiger partial charge in [-0.2, -0.15) is 13.9 Å². The molecule has 0 atom stereocenters. The van der Waals surface area contributed by atoms with Crippen LogP contribution in [0, 0.1) is 13.8 Å². The molecule has 0 radical (unpaired) electrons. The Morgan fingerprint density at radius 1 is 1.22 bits per heavy atom. The van der Waals surface area contributed by atoms with Crippen molar-refractivity contribution >= 4 is 15.9 Å². The molecule has 0 saturated carbocycles. The van der Waals surface area contributed by atoms with E-state index >= 15 is 0 Å². The van der Waals surface area contributed by atoms with Gasteiger partial charge in [-0.15, -0.1) is 0 Å². The van der Waals surface area contributed by atoms with Crippen LogP contribution in [-0.4, -0.2) is 9.78 Å². The summed E-state index contributed by atoms with van der Waals surface area (Å²) in [6.45, 7) is 3.11. The quantitative estimate of drug-likeness (QED) is 0.835. The van der Waals surface area contributed by atoms with Gasteiger partial charge in [-0.1, -0.05) is 30.3 Å². The Balaban J connectivity index is 2.30. The molecule has 1 heterocycles. The lowest BCUT2D eigenvalue weighted by Crippen LogP contribution is -2.22. The van der Waals surface area contributed by atoms with E-state index in [9.17, 15) is 8.78 Å². The van der Waals surface area contributed by atoms with Gasteiger partial charge in [0.15, 0.2) is 0 Å². The van der Waals surface area contributed by atoms with Crippen molar-refractivity contribution in [3.05, 3.63) is 51.8 Å². The summed E-state index contributed by atoms with van der Waals surface area (Å²) in [6.07, 6.45) is 0. The van der Waals surface area contributed by atoms with Gasteiger partial charge in [0.2, 0.25) is 0 Å². The van der Waals surface area contributed by atoms with Crippen molar-refractivity contribution in [3.8, 4) is 0 Å². The van der Waals surface area contributed by atoms with Gasteiger partial charge in [-0.25, -0.2) is 0 Å². The van der Waals surface area contributed by atoms with Gasteiger partial charge in [0.25, 0.3) is 5.92 Å². The number of alkyl halides is 2. The van der Waals surface area contributed by atoms with E-state index in [4.69, 9.17) is 0 Å². The summed E-state index contributed by atoms with van der Waals surface area (Å²) < 4.78 is 30.3. The second kappa shape index (κ2) is 4.80. The number of nitrogens with zero attached hydrogens (tertiary/aromatic N) is 2. The number of hydrogen-bond acceptors (Lipinski definition) is 1. The molecular weight excluding hydrogens is 302 g/mol. The molecule has 0 amide bonds. The van der Waals surface area contributed by atoms with E-state index in [0.29, 0.717) is 5.69 Å². The van der Waals surface area contributed by atoms with Crippen LogP contribution in [0.2, 0.25) is 0 Å². The van der Waals surface area contributed by atoms with Crippen molar-refractivity contribution in [1.82, 2.24) is 9.78 Å². The molecule has 1 aromatic carbocycles. The minimum absolute atomic E-state index is 0.00803. The van der Waals surface area contributed by atoms with Gasteiger partial charge in [0, 0.05) is 5.56 Å². The normalized spacial score (nSPS) is 11.8. The molecule has 5 heteroatoms. The molecule has 0 N–H and O–H groups in total. The topological polar surface area (TPSA) is 17.8 Å². The Bertz CT molecular complexity index is 550.